The zero-order valence-corrected chi connectivity index (χ0v) is 9.34. The molecule has 0 radical (unpaired) electrons. The number of carbonyl (C=O) groups excluding carboxylic acids is 1. The van der Waals surface area contributed by atoms with Crippen LogP contribution in [0.15, 0.2) is 36.4 Å². The number of rotatable bonds is 2. The summed E-state index contributed by atoms with van der Waals surface area (Å²) in [5, 5.41) is 0.234. The number of carbonyl (C=O) groups is 1. The van der Waals surface area contributed by atoms with Crippen LogP contribution in [0.1, 0.15) is 10.4 Å². The van der Waals surface area contributed by atoms with Crippen molar-refractivity contribution in [2.45, 2.75) is 0 Å². The number of halogens is 3. The number of hydrogen-bond donors (Lipinski definition) is 0. The van der Waals surface area contributed by atoms with Gasteiger partial charge in [-0.15, -0.1) is 0 Å². The average molecular weight is 253 g/mol. The van der Waals surface area contributed by atoms with Gasteiger partial charge in [0.2, 0.25) is 0 Å². The van der Waals surface area contributed by atoms with E-state index in [0.29, 0.717) is 6.29 Å². The maximum Gasteiger partial charge on any atom is 0.150 e. The van der Waals surface area contributed by atoms with E-state index in [0.717, 1.165) is 12.1 Å². The molecular formula is C13H7ClF2O. The van der Waals surface area contributed by atoms with Crippen LogP contribution in [0, 0.1) is 11.6 Å². The van der Waals surface area contributed by atoms with Crippen molar-refractivity contribution in [1.82, 2.24) is 0 Å². The largest absolute Gasteiger partial charge is 0.298 e. The molecule has 0 N–H and O–H groups in total. The minimum Gasteiger partial charge on any atom is -0.298 e. The first-order valence-electron chi connectivity index (χ1n) is 4.82. The first kappa shape index (κ1) is 11.7. The fourth-order valence-electron chi connectivity index (χ4n) is 1.53. The van der Waals surface area contributed by atoms with Crippen LogP contribution in [0.5, 0.6) is 0 Å². The number of aldehydes is 1. The second kappa shape index (κ2) is 4.63. The predicted octanol–water partition coefficient (Wildman–Crippen LogP) is 4.10. The Balaban J connectivity index is 2.63. The third-order valence-electron chi connectivity index (χ3n) is 2.35. The summed E-state index contributed by atoms with van der Waals surface area (Å²) < 4.78 is 27.2. The lowest BCUT2D eigenvalue weighted by Gasteiger charge is -2.06. The van der Waals surface area contributed by atoms with Crippen LogP contribution in [0.2, 0.25) is 5.02 Å². The quantitative estimate of drug-likeness (QED) is 0.736. The Morgan fingerprint density at radius 1 is 0.941 bits per heavy atom. The highest BCUT2D eigenvalue weighted by Crippen LogP contribution is 2.28. The van der Waals surface area contributed by atoms with E-state index in [2.05, 4.69) is 0 Å². The topological polar surface area (TPSA) is 17.1 Å². The molecule has 0 aliphatic heterocycles. The first-order valence-corrected chi connectivity index (χ1v) is 5.20. The minimum absolute atomic E-state index is 0.0452. The van der Waals surface area contributed by atoms with Crippen molar-refractivity contribution in [1.29, 1.82) is 0 Å². The summed E-state index contributed by atoms with van der Waals surface area (Å²) in [7, 11) is 0. The van der Waals surface area contributed by atoms with Crippen molar-refractivity contribution in [2.75, 3.05) is 0 Å². The van der Waals surface area contributed by atoms with Crippen molar-refractivity contribution in [3.05, 3.63) is 58.6 Å². The predicted molar refractivity (Wildman–Crippen MR) is 62.2 cm³/mol. The monoisotopic (exact) mass is 252 g/mol. The van der Waals surface area contributed by atoms with Gasteiger partial charge >= 0.3 is 0 Å². The molecule has 0 bridgehead atoms. The molecular weight excluding hydrogens is 246 g/mol. The molecule has 86 valence electrons. The summed E-state index contributed by atoms with van der Waals surface area (Å²) in [6.45, 7) is 0. The van der Waals surface area contributed by atoms with E-state index in [9.17, 15) is 13.6 Å². The van der Waals surface area contributed by atoms with E-state index in [1.54, 1.807) is 0 Å². The summed E-state index contributed by atoms with van der Waals surface area (Å²) in [5.74, 6) is -1.21. The first-order chi connectivity index (χ1) is 8.11. The molecule has 2 aromatic rings. The normalized spacial score (nSPS) is 10.3. The molecule has 2 rings (SSSR count). The molecule has 0 unspecified atom stereocenters. The van der Waals surface area contributed by atoms with Crippen molar-refractivity contribution in [2.24, 2.45) is 0 Å². The molecule has 0 aromatic heterocycles. The van der Waals surface area contributed by atoms with Crippen molar-refractivity contribution in [3.8, 4) is 11.1 Å². The molecule has 1 nitrogen and oxygen atoms in total. The summed E-state index contributed by atoms with van der Waals surface area (Å²) in [6, 6.07) is 7.71. The van der Waals surface area contributed by atoms with Gasteiger partial charge in [-0.2, -0.15) is 0 Å². The van der Waals surface area contributed by atoms with Crippen molar-refractivity contribution >= 4 is 17.9 Å². The summed E-state index contributed by atoms with van der Waals surface area (Å²) in [5.41, 5.74) is 0.412. The fourth-order valence-corrected chi connectivity index (χ4v) is 1.69. The van der Waals surface area contributed by atoms with E-state index in [4.69, 9.17) is 11.6 Å². The summed E-state index contributed by atoms with van der Waals surface area (Å²) >= 11 is 5.61. The Bertz CT molecular complexity index is 582. The van der Waals surface area contributed by atoms with Crippen molar-refractivity contribution < 1.29 is 13.6 Å². The molecule has 0 heterocycles. The lowest BCUT2D eigenvalue weighted by Crippen LogP contribution is -1.91. The minimum atomic E-state index is -0.626. The van der Waals surface area contributed by atoms with Gasteiger partial charge in [0.15, 0.2) is 0 Å². The van der Waals surface area contributed by atoms with Crippen LogP contribution in [0.4, 0.5) is 8.78 Å². The van der Waals surface area contributed by atoms with Gasteiger partial charge in [-0.1, -0.05) is 11.6 Å². The highest BCUT2D eigenvalue weighted by atomic mass is 35.5. The van der Waals surface area contributed by atoms with Crippen LogP contribution in [-0.2, 0) is 0 Å². The molecule has 0 amide bonds. The van der Waals surface area contributed by atoms with Gasteiger partial charge in [-0.3, -0.25) is 4.79 Å². The Hall–Kier alpha value is -1.74. The van der Waals surface area contributed by atoms with Gasteiger partial charge in [-0.25, -0.2) is 8.78 Å². The molecule has 0 spiro atoms. The second-order valence-electron chi connectivity index (χ2n) is 3.48. The van der Waals surface area contributed by atoms with Gasteiger partial charge in [-0.05, 0) is 36.4 Å². The van der Waals surface area contributed by atoms with Gasteiger partial charge in [0.25, 0.3) is 0 Å². The third-order valence-corrected chi connectivity index (χ3v) is 2.58. The smallest absolute Gasteiger partial charge is 0.150 e. The zero-order chi connectivity index (χ0) is 12.4. The maximum absolute atomic E-state index is 13.6. The van der Waals surface area contributed by atoms with Crippen LogP contribution in [0.3, 0.4) is 0 Å². The number of benzene rings is 2. The van der Waals surface area contributed by atoms with Crippen molar-refractivity contribution in [3.63, 3.8) is 0 Å². The SMILES string of the molecule is O=Cc1ccc(F)c(-c2ccc(Cl)cc2F)c1. The van der Waals surface area contributed by atoms with Gasteiger partial charge in [0, 0.05) is 21.7 Å². The maximum atomic E-state index is 13.6. The van der Waals surface area contributed by atoms with E-state index in [1.165, 1.54) is 24.3 Å². The molecule has 0 saturated carbocycles. The Kier molecular flexibility index (Phi) is 3.20. The Morgan fingerprint density at radius 3 is 2.35 bits per heavy atom. The van der Waals surface area contributed by atoms with E-state index < -0.39 is 11.6 Å². The molecule has 0 saturated heterocycles. The van der Waals surface area contributed by atoms with Crippen LogP contribution >= 0.6 is 11.6 Å². The standard InChI is InChI=1S/C13H7ClF2O/c14-9-2-3-10(13(16)6-9)11-5-8(7-17)1-4-12(11)15/h1-7H. The zero-order valence-electron chi connectivity index (χ0n) is 8.58. The fraction of sp³-hybridized carbons (Fsp3) is 0. The molecule has 0 aliphatic carbocycles. The molecule has 0 fully saturated rings. The van der Waals surface area contributed by atoms with E-state index in [-0.39, 0.29) is 21.7 Å². The second-order valence-corrected chi connectivity index (χ2v) is 3.92. The van der Waals surface area contributed by atoms with Gasteiger partial charge in [0.05, 0.1) is 0 Å². The lowest BCUT2D eigenvalue weighted by molar-refractivity contribution is 0.112. The van der Waals surface area contributed by atoms with Gasteiger partial charge in [0.1, 0.15) is 17.9 Å². The lowest BCUT2D eigenvalue weighted by atomic mass is 10.0. The van der Waals surface area contributed by atoms with Crippen LogP contribution < -0.4 is 0 Å². The average Bonchev–Trinajstić information content (AvgIpc) is 2.30. The van der Waals surface area contributed by atoms with Crippen LogP contribution in [0.25, 0.3) is 11.1 Å². The molecule has 2 aromatic carbocycles. The molecule has 0 atom stereocenters. The van der Waals surface area contributed by atoms with Crippen LogP contribution in [-0.4, -0.2) is 6.29 Å². The summed E-state index contributed by atoms with van der Waals surface area (Å²) in [6.07, 6.45) is 0.580. The highest BCUT2D eigenvalue weighted by molar-refractivity contribution is 6.30. The van der Waals surface area contributed by atoms with E-state index in [1.807, 2.05) is 0 Å². The Morgan fingerprint density at radius 2 is 1.71 bits per heavy atom. The third kappa shape index (κ3) is 2.34. The molecule has 17 heavy (non-hydrogen) atoms. The van der Waals surface area contributed by atoms with Gasteiger partial charge < -0.3 is 0 Å². The summed E-state index contributed by atoms with van der Waals surface area (Å²) in [4.78, 5) is 10.6. The molecule has 4 heteroatoms. The highest BCUT2D eigenvalue weighted by Gasteiger charge is 2.11. The molecule has 0 aliphatic rings. The van der Waals surface area contributed by atoms with E-state index >= 15 is 0 Å². The Labute approximate surface area is 102 Å². The number of hydrogen-bond acceptors (Lipinski definition) is 1.